The molecule has 3 heteroatoms. The molecule has 4 rings (SSSR count). The minimum Gasteiger partial charge on any atom is -0.345 e. The third-order valence-electron chi connectivity index (χ3n) is 5.56. The molecule has 3 atom stereocenters. The van der Waals surface area contributed by atoms with E-state index in [-0.39, 0.29) is 11.9 Å². The molecular weight excluding hydrogens is 354 g/mol. The Morgan fingerprint density at radius 3 is 2.37 bits per heavy atom. The lowest BCUT2D eigenvalue weighted by molar-refractivity contribution is 0.0924. The molecule has 0 fully saturated rings. The number of halogens is 1. The van der Waals surface area contributed by atoms with Crippen molar-refractivity contribution in [3.63, 3.8) is 0 Å². The van der Waals surface area contributed by atoms with E-state index in [0.29, 0.717) is 17.4 Å². The smallest absolute Gasteiger partial charge is 0.251 e. The predicted octanol–water partition coefficient (Wildman–Crippen LogP) is 5.79. The van der Waals surface area contributed by atoms with Crippen LogP contribution in [0.3, 0.4) is 0 Å². The molecule has 0 saturated carbocycles. The first-order chi connectivity index (χ1) is 13.1. The van der Waals surface area contributed by atoms with Gasteiger partial charge in [0.15, 0.2) is 0 Å². The first-order valence-electron chi connectivity index (χ1n) is 9.32. The van der Waals surface area contributed by atoms with Crippen LogP contribution in [-0.4, -0.2) is 5.91 Å². The summed E-state index contributed by atoms with van der Waals surface area (Å²) in [6, 6.07) is 25.9. The number of carbonyl (C=O) groups excluding carboxylic acids is 1. The largest absolute Gasteiger partial charge is 0.345 e. The molecule has 3 aromatic rings. The molecule has 1 aliphatic carbocycles. The SMILES string of the molecule is CC1[C@H](NC(=O)c2ccccc2)c2ccccc2[C@@H]1Cc1cccc(Cl)c1. The molecule has 0 aliphatic heterocycles. The van der Waals surface area contributed by atoms with Gasteiger partial charge in [0.2, 0.25) is 0 Å². The molecule has 1 unspecified atom stereocenters. The Morgan fingerprint density at radius 1 is 0.926 bits per heavy atom. The molecule has 1 amide bonds. The molecule has 3 aromatic carbocycles. The second kappa shape index (κ2) is 7.58. The van der Waals surface area contributed by atoms with Crippen molar-refractivity contribution in [1.82, 2.24) is 5.32 Å². The maximum absolute atomic E-state index is 12.7. The van der Waals surface area contributed by atoms with Crippen molar-refractivity contribution < 1.29 is 4.79 Å². The van der Waals surface area contributed by atoms with Crippen molar-refractivity contribution in [3.05, 3.63) is 106 Å². The van der Waals surface area contributed by atoms with E-state index in [1.807, 2.05) is 48.5 Å². The van der Waals surface area contributed by atoms with E-state index >= 15 is 0 Å². The molecule has 1 N–H and O–H groups in total. The zero-order valence-electron chi connectivity index (χ0n) is 15.2. The number of carbonyl (C=O) groups is 1. The number of nitrogens with one attached hydrogen (secondary N) is 1. The summed E-state index contributed by atoms with van der Waals surface area (Å²) in [7, 11) is 0. The Kier molecular flexibility index (Phi) is 5.00. The Labute approximate surface area is 165 Å². The van der Waals surface area contributed by atoms with Crippen LogP contribution in [0.4, 0.5) is 0 Å². The summed E-state index contributed by atoms with van der Waals surface area (Å²) in [5, 5.41) is 4.03. The van der Waals surface area contributed by atoms with Crippen molar-refractivity contribution in [3.8, 4) is 0 Å². The van der Waals surface area contributed by atoms with Gasteiger partial charge in [-0.25, -0.2) is 0 Å². The van der Waals surface area contributed by atoms with Crippen LogP contribution in [0.25, 0.3) is 0 Å². The molecular formula is C24H22ClNO. The van der Waals surface area contributed by atoms with Crippen molar-refractivity contribution in [1.29, 1.82) is 0 Å². The van der Waals surface area contributed by atoms with Crippen LogP contribution in [0.15, 0.2) is 78.9 Å². The number of hydrogen-bond donors (Lipinski definition) is 1. The first-order valence-corrected chi connectivity index (χ1v) is 9.70. The van der Waals surface area contributed by atoms with Crippen LogP contribution in [0.2, 0.25) is 5.02 Å². The van der Waals surface area contributed by atoms with Crippen molar-refractivity contribution in [2.75, 3.05) is 0 Å². The van der Waals surface area contributed by atoms with Gasteiger partial charge in [-0.2, -0.15) is 0 Å². The number of fused-ring (bicyclic) bond motifs is 1. The van der Waals surface area contributed by atoms with Gasteiger partial charge >= 0.3 is 0 Å². The number of benzene rings is 3. The highest BCUT2D eigenvalue weighted by atomic mass is 35.5. The van der Waals surface area contributed by atoms with Gasteiger partial charge in [0.1, 0.15) is 0 Å². The fraction of sp³-hybridized carbons (Fsp3) is 0.208. The van der Waals surface area contributed by atoms with Gasteiger partial charge in [0, 0.05) is 10.6 Å². The fourth-order valence-corrected chi connectivity index (χ4v) is 4.38. The Hall–Kier alpha value is -2.58. The van der Waals surface area contributed by atoms with Crippen molar-refractivity contribution >= 4 is 17.5 Å². The standard InChI is InChI=1S/C24H22ClNO/c1-16-22(15-17-8-7-11-19(25)14-17)20-12-5-6-13-21(20)23(16)26-24(27)18-9-3-2-4-10-18/h2-14,16,22-23H,15H2,1H3,(H,26,27)/t16?,22-,23+/m1/s1. The summed E-state index contributed by atoms with van der Waals surface area (Å²) >= 11 is 6.18. The second-order valence-corrected chi connectivity index (χ2v) is 7.68. The van der Waals surface area contributed by atoms with E-state index in [9.17, 15) is 4.79 Å². The summed E-state index contributed by atoms with van der Waals surface area (Å²) < 4.78 is 0. The lowest BCUT2D eigenvalue weighted by Gasteiger charge is -2.23. The minimum absolute atomic E-state index is 0.0121. The molecule has 136 valence electrons. The number of rotatable bonds is 4. The maximum atomic E-state index is 12.7. The zero-order valence-corrected chi connectivity index (χ0v) is 16.0. The lowest BCUT2D eigenvalue weighted by atomic mass is 9.86. The highest BCUT2D eigenvalue weighted by Gasteiger charge is 2.38. The molecule has 0 heterocycles. The highest BCUT2D eigenvalue weighted by molar-refractivity contribution is 6.30. The molecule has 0 aromatic heterocycles. The van der Waals surface area contributed by atoms with E-state index in [4.69, 9.17) is 11.6 Å². The average molecular weight is 376 g/mol. The van der Waals surface area contributed by atoms with Gasteiger partial charge in [0.05, 0.1) is 6.04 Å². The zero-order chi connectivity index (χ0) is 18.8. The predicted molar refractivity (Wildman–Crippen MR) is 110 cm³/mol. The van der Waals surface area contributed by atoms with Crippen LogP contribution in [-0.2, 0) is 6.42 Å². The van der Waals surface area contributed by atoms with Gasteiger partial charge in [-0.3, -0.25) is 4.79 Å². The van der Waals surface area contributed by atoms with Gasteiger partial charge in [0.25, 0.3) is 5.91 Å². The molecule has 0 spiro atoms. The summed E-state index contributed by atoms with van der Waals surface area (Å²) in [5.74, 6) is 0.625. The fourth-order valence-electron chi connectivity index (χ4n) is 4.17. The van der Waals surface area contributed by atoms with E-state index < -0.39 is 0 Å². The van der Waals surface area contributed by atoms with Gasteiger partial charge in [-0.15, -0.1) is 0 Å². The van der Waals surface area contributed by atoms with Crippen LogP contribution in [0.1, 0.15) is 45.9 Å². The van der Waals surface area contributed by atoms with Gasteiger partial charge in [-0.1, -0.05) is 73.1 Å². The highest BCUT2D eigenvalue weighted by Crippen LogP contribution is 2.46. The van der Waals surface area contributed by atoms with Crippen molar-refractivity contribution in [2.45, 2.75) is 25.3 Å². The molecule has 0 radical (unpaired) electrons. The second-order valence-electron chi connectivity index (χ2n) is 7.25. The van der Waals surface area contributed by atoms with E-state index in [0.717, 1.165) is 11.4 Å². The van der Waals surface area contributed by atoms with E-state index in [1.54, 1.807) is 0 Å². The van der Waals surface area contributed by atoms with Gasteiger partial charge in [-0.05, 0) is 59.2 Å². The third-order valence-corrected chi connectivity index (χ3v) is 5.79. The Bertz CT molecular complexity index is 953. The maximum Gasteiger partial charge on any atom is 0.251 e. The molecule has 0 saturated heterocycles. The average Bonchev–Trinajstić information content (AvgIpc) is 2.95. The third kappa shape index (κ3) is 3.63. The number of amides is 1. The van der Waals surface area contributed by atoms with Crippen LogP contribution in [0, 0.1) is 5.92 Å². The molecule has 2 nitrogen and oxygen atoms in total. The van der Waals surface area contributed by atoms with E-state index in [2.05, 4.69) is 42.6 Å². The van der Waals surface area contributed by atoms with Crippen molar-refractivity contribution in [2.24, 2.45) is 5.92 Å². The quantitative estimate of drug-likeness (QED) is 0.614. The monoisotopic (exact) mass is 375 g/mol. The lowest BCUT2D eigenvalue weighted by Crippen LogP contribution is -2.31. The number of hydrogen-bond acceptors (Lipinski definition) is 1. The Balaban J connectivity index is 1.61. The van der Waals surface area contributed by atoms with Crippen LogP contribution >= 0.6 is 11.6 Å². The topological polar surface area (TPSA) is 29.1 Å². The van der Waals surface area contributed by atoms with Crippen LogP contribution < -0.4 is 5.32 Å². The summed E-state index contributed by atoms with van der Waals surface area (Å²) in [5.41, 5.74) is 4.47. The van der Waals surface area contributed by atoms with E-state index in [1.165, 1.54) is 16.7 Å². The normalized spacial score (nSPS) is 20.9. The summed E-state index contributed by atoms with van der Waals surface area (Å²) in [4.78, 5) is 12.7. The molecule has 1 aliphatic rings. The summed E-state index contributed by atoms with van der Waals surface area (Å²) in [6.45, 7) is 2.23. The van der Waals surface area contributed by atoms with Gasteiger partial charge < -0.3 is 5.32 Å². The molecule has 0 bridgehead atoms. The van der Waals surface area contributed by atoms with Crippen LogP contribution in [0.5, 0.6) is 0 Å². The first kappa shape index (κ1) is 17.8. The summed E-state index contributed by atoms with van der Waals surface area (Å²) in [6.07, 6.45) is 0.913. The Morgan fingerprint density at radius 2 is 1.63 bits per heavy atom. The minimum atomic E-state index is -0.0225. The molecule has 27 heavy (non-hydrogen) atoms.